The van der Waals surface area contributed by atoms with Gasteiger partial charge in [0.1, 0.15) is 0 Å². The standard InChI is InChI=1S/C10H5BrN2/c11-10-2-1-7(5-12)9-6-13-4-3-8(9)10/h1-4,6H. The second kappa shape index (κ2) is 3.15. The van der Waals surface area contributed by atoms with Crippen LogP contribution in [0, 0.1) is 11.3 Å². The lowest BCUT2D eigenvalue weighted by molar-refractivity contribution is 1.36. The highest BCUT2D eigenvalue weighted by Gasteiger charge is 2.02. The van der Waals surface area contributed by atoms with E-state index in [0.717, 1.165) is 15.2 Å². The Morgan fingerprint density at radius 3 is 2.85 bits per heavy atom. The van der Waals surface area contributed by atoms with Gasteiger partial charge in [-0.25, -0.2) is 0 Å². The summed E-state index contributed by atoms with van der Waals surface area (Å²) in [5.74, 6) is 0. The molecule has 2 rings (SSSR count). The van der Waals surface area contributed by atoms with Crippen molar-refractivity contribution >= 4 is 26.7 Å². The molecule has 0 N–H and O–H groups in total. The normalized spacial score (nSPS) is 9.85. The van der Waals surface area contributed by atoms with Gasteiger partial charge in [0.25, 0.3) is 0 Å². The number of benzene rings is 1. The Morgan fingerprint density at radius 1 is 1.23 bits per heavy atom. The summed E-state index contributed by atoms with van der Waals surface area (Å²) < 4.78 is 0.990. The van der Waals surface area contributed by atoms with Crippen molar-refractivity contribution < 1.29 is 0 Å². The highest BCUT2D eigenvalue weighted by molar-refractivity contribution is 9.10. The molecule has 13 heavy (non-hydrogen) atoms. The molecule has 0 unspecified atom stereocenters. The van der Waals surface area contributed by atoms with Crippen molar-refractivity contribution in [2.75, 3.05) is 0 Å². The zero-order chi connectivity index (χ0) is 9.26. The van der Waals surface area contributed by atoms with E-state index in [4.69, 9.17) is 5.26 Å². The van der Waals surface area contributed by atoms with Crippen molar-refractivity contribution in [2.45, 2.75) is 0 Å². The summed E-state index contributed by atoms with van der Waals surface area (Å²) in [7, 11) is 0. The molecule has 0 atom stereocenters. The lowest BCUT2D eigenvalue weighted by Crippen LogP contribution is -1.81. The van der Waals surface area contributed by atoms with Gasteiger partial charge in [-0.05, 0) is 18.2 Å². The maximum absolute atomic E-state index is 8.83. The fraction of sp³-hybridized carbons (Fsp3) is 0. The van der Waals surface area contributed by atoms with Crippen LogP contribution in [0.3, 0.4) is 0 Å². The molecular weight excluding hydrogens is 228 g/mol. The minimum Gasteiger partial charge on any atom is -0.264 e. The van der Waals surface area contributed by atoms with Crippen LogP contribution in [0.15, 0.2) is 35.1 Å². The Morgan fingerprint density at radius 2 is 2.08 bits per heavy atom. The minimum absolute atomic E-state index is 0.659. The number of halogens is 1. The van der Waals surface area contributed by atoms with E-state index in [0.29, 0.717) is 5.56 Å². The Hall–Kier alpha value is -1.40. The smallest absolute Gasteiger partial charge is 0.0998 e. The molecule has 1 aromatic heterocycles. The summed E-state index contributed by atoms with van der Waals surface area (Å²) in [5, 5.41) is 10.7. The van der Waals surface area contributed by atoms with Crippen molar-refractivity contribution in [3.63, 3.8) is 0 Å². The largest absolute Gasteiger partial charge is 0.264 e. The number of rotatable bonds is 0. The van der Waals surface area contributed by atoms with Crippen molar-refractivity contribution in [1.82, 2.24) is 4.98 Å². The summed E-state index contributed by atoms with van der Waals surface area (Å²) >= 11 is 3.42. The first kappa shape index (κ1) is 8.21. The van der Waals surface area contributed by atoms with Crippen molar-refractivity contribution in [1.29, 1.82) is 5.26 Å². The quantitative estimate of drug-likeness (QED) is 0.701. The Kier molecular flexibility index (Phi) is 1.99. The molecule has 3 heteroatoms. The van der Waals surface area contributed by atoms with Crippen LogP contribution in [-0.4, -0.2) is 4.98 Å². The average molecular weight is 233 g/mol. The SMILES string of the molecule is N#Cc1ccc(Br)c2ccncc12. The van der Waals surface area contributed by atoms with Crippen LogP contribution in [0.5, 0.6) is 0 Å². The first-order chi connectivity index (χ1) is 6.33. The highest BCUT2D eigenvalue weighted by atomic mass is 79.9. The summed E-state index contributed by atoms with van der Waals surface area (Å²) in [5.41, 5.74) is 0.659. The third-order valence-electron chi connectivity index (χ3n) is 1.89. The molecule has 0 saturated heterocycles. The molecule has 1 heterocycles. The van der Waals surface area contributed by atoms with E-state index in [9.17, 15) is 0 Å². The van der Waals surface area contributed by atoms with Gasteiger partial charge in [0.15, 0.2) is 0 Å². The molecule has 0 fully saturated rings. The van der Waals surface area contributed by atoms with E-state index in [1.165, 1.54) is 0 Å². The molecule has 0 radical (unpaired) electrons. The average Bonchev–Trinajstić information content (AvgIpc) is 2.19. The van der Waals surface area contributed by atoms with Crippen LogP contribution in [-0.2, 0) is 0 Å². The highest BCUT2D eigenvalue weighted by Crippen LogP contribution is 2.25. The first-order valence-electron chi connectivity index (χ1n) is 3.75. The van der Waals surface area contributed by atoms with Crippen LogP contribution in [0.1, 0.15) is 5.56 Å². The van der Waals surface area contributed by atoms with Gasteiger partial charge < -0.3 is 0 Å². The van der Waals surface area contributed by atoms with E-state index < -0.39 is 0 Å². The van der Waals surface area contributed by atoms with Crippen LogP contribution >= 0.6 is 15.9 Å². The number of aromatic nitrogens is 1. The molecule has 0 aliphatic carbocycles. The number of nitriles is 1. The second-order valence-electron chi connectivity index (χ2n) is 2.63. The molecule has 62 valence electrons. The first-order valence-corrected chi connectivity index (χ1v) is 4.54. The van der Waals surface area contributed by atoms with Crippen LogP contribution in [0.25, 0.3) is 10.8 Å². The summed E-state index contributed by atoms with van der Waals surface area (Å²) in [6.07, 6.45) is 3.42. The molecule has 0 spiro atoms. The molecule has 0 amide bonds. The van der Waals surface area contributed by atoms with Crippen molar-refractivity contribution in [3.05, 3.63) is 40.6 Å². The Balaban J connectivity index is 2.95. The molecule has 0 aliphatic rings. The molecule has 2 nitrogen and oxygen atoms in total. The lowest BCUT2D eigenvalue weighted by Gasteiger charge is -2.00. The number of hydrogen-bond acceptors (Lipinski definition) is 2. The maximum atomic E-state index is 8.83. The van der Waals surface area contributed by atoms with Gasteiger partial charge in [-0.1, -0.05) is 15.9 Å². The number of fused-ring (bicyclic) bond motifs is 1. The molecule has 2 aromatic rings. The zero-order valence-corrected chi connectivity index (χ0v) is 8.25. The zero-order valence-electron chi connectivity index (χ0n) is 6.66. The summed E-state index contributed by atoms with van der Waals surface area (Å²) in [6.45, 7) is 0. The Bertz CT molecular complexity index is 500. The van der Waals surface area contributed by atoms with Gasteiger partial charge >= 0.3 is 0 Å². The van der Waals surface area contributed by atoms with Gasteiger partial charge in [-0.2, -0.15) is 5.26 Å². The topological polar surface area (TPSA) is 36.7 Å². The van der Waals surface area contributed by atoms with E-state index in [1.807, 2.05) is 12.1 Å². The lowest BCUT2D eigenvalue weighted by atomic mass is 10.1. The predicted octanol–water partition coefficient (Wildman–Crippen LogP) is 2.87. The molecule has 0 saturated carbocycles. The fourth-order valence-corrected chi connectivity index (χ4v) is 1.73. The van der Waals surface area contributed by atoms with Gasteiger partial charge in [0.2, 0.25) is 0 Å². The third kappa shape index (κ3) is 1.30. The van der Waals surface area contributed by atoms with E-state index in [-0.39, 0.29) is 0 Å². The van der Waals surface area contributed by atoms with Crippen molar-refractivity contribution in [2.24, 2.45) is 0 Å². The maximum Gasteiger partial charge on any atom is 0.0998 e. The number of nitrogens with zero attached hydrogens (tertiary/aromatic N) is 2. The van der Waals surface area contributed by atoms with E-state index in [1.54, 1.807) is 18.5 Å². The van der Waals surface area contributed by atoms with Crippen LogP contribution in [0.4, 0.5) is 0 Å². The molecule has 0 bridgehead atoms. The van der Waals surface area contributed by atoms with Gasteiger partial charge in [0.05, 0.1) is 11.6 Å². The van der Waals surface area contributed by atoms with Crippen LogP contribution in [0.2, 0.25) is 0 Å². The van der Waals surface area contributed by atoms with Gasteiger partial charge in [-0.3, -0.25) is 4.98 Å². The predicted molar refractivity (Wildman–Crippen MR) is 54.2 cm³/mol. The Labute approximate surface area is 84.0 Å². The third-order valence-corrected chi connectivity index (χ3v) is 2.58. The van der Waals surface area contributed by atoms with Gasteiger partial charge in [-0.15, -0.1) is 0 Å². The van der Waals surface area contributed by atoms with E-state index in [2.05, 4.69) is 27.0 Å². The minimum atomic E-state index is 0.659. The summed E-state index contributed by atoms with van der Waals surface area (Å²) in [4.78, 5) is 3.99. The molecule has 1 aromatic carbocycles. The molecular formula is C10H5BrN2. The monoisotopic (exact) mass is 232 g/mol. The van der Waals surface area contributed by atoms with Crippen LogP contribution < -0.4 is 0 Å². The van der Waals surface area contributed by atoms with Crippen molar-refractivity contribution in [3.8, 4) is 6.07 Å². The van der Waals surface area contributed by atoms with Gasteiger partial charge in [0, 0.05) is 27.6 Å². The number of hydrogen-bond donors (Lipinski definition) is 0. The number of pyridine rings is 1. The van der Waals surface area contributed by atoms with E-state index >= 15 is 0 Å². The molecule has 0 aliphatic heterocycles. The summed E-state index contributed by atoms with van der Waals surface area (Å²) in [6, 6.07) is 7.69. The second-order valence-corrected chi connectivity index (χ2v) is 3.48. The fourth-order valence-electron chi connectivity index (χ4n) is 1.25.